The van der Waals surface area contributed by atoms with Gasteiger partial charge in [-0.3, -0.25) is 4.79 Å². The number of carbonyl (C=O) groups is 1. The Bertz CT molecular complexity index is 392. The second-order valence-corrected chi connectivity index (χ2v) is 5.77. The van der Waals surface area contributed by atoms with Crippen LogP contribution in [0.2, 0.25) is 0 Å². The molecular weight excluding hydrogens is 306 g/mol. The minimum absolute atomic E-state index is 0.0405. The predicted octanol–water partition coefficient (Wildman–Crippen LogP) is 3.22. The van der Waals surface area contributed by atoms with Crippen LogP contribution in [0.1, 0.15) is 44.6 Å². The summed E-state index contributed by atoms with van der Waals surface area (Å²) >= 11 is 3.40. The van der Waals surface area contributed by atoms with Crippen molar-refractivity contribution in [2.24, 2.45) is 0 Å². The van der Waals surface area contributed by atoms with Gasteiger partial charge in [0.05, 0.1) is 6.10 Å². The zero-order chi connectivity index (χ0) is 14.3. The molecule has 4 heteroatoms. The van der Waals surface area contributed by atoms with Crippen LogP contribution in [-0.4, -0.2) is 23.7 Å². The molecule has 2 unspecified atom stereocenters. The Morgan fingerprint density at radius 2 is 2.00 bits per heavy atom. The number of benzene rings is 1. The number of aliphatic hydroxyl groups excluding tert-OH is 1. The molecule has 0 saturated carbocycles. The summed E-state index contributed by atoms with van der Waals surface area (Å²) in [7, 11) is 0. The number of carbonyl (C=O) groups excluding carboxylic acids is 1. The van der Waals surface area contributed by atoms with Crippen molar-refractivity contribution in [2.45, 2.75) is 45.1 Å². The lowest BCUT2D eigenvalue weighted by atomic mass is 9.97. The van der Waals surface area contributed by atoms with Gasteiger partial charge in [-0.2, -0.15) is 0 Å². The van der Waals surface area contributed by atoms with E-state index in [-0.39, 0.29) is 17.9 Å². The molecule has 0 heterocycles. The summed E-state index contributed by atoms with van der Waals surface area (Å²) in [6.07, 6.45) is 1.51. The third-order valence-electron chi connectivity index (χ3n) is 3.20. The summed E-state index contributed by atoms with van der Waals surface area (Å²) in [5.41, 5.74) is 1.16. The highest BCUT2D eigenvalue weighted by Gasteiger charge is 2.11. The lowest BCUT2D eigenvalue weighted by Crippen LogP contribution is -2.27. The summed E-state index contributed by atoms with van der Waals surface area (Å²) in [4.78, 5) is 11.8. The summed E-state index contributed by atoms with van der Waals surface area (Å²) in [6.45, 7) is 4.52. The van der Waals surface area contributed by atoms with Gasteiger partial charge in [-0.15, -0.1) is 0 Å². The third-order valence-corrected chi connectivity index (χ3v) is 3.73. The van der Waals surface area contributed by atoms with Crippen molar-refractivity contribution >= 4 is 21.8 Å². The molecule has 0 aromatic heterocycles. The number of hydrogen-bond donors (Lipinski definition) is 2. The Labute approximate surface area is 123 Å². The Kier molecular flexibility index (Phi) is 7.10. The molecule has 2 atom stereocenters. The maximum atomic E-state index is 11.8. The standard InChI is InChI=1S/C15H22BrNO2/c1-3-14(18)8-9-17-15(19)10-11(2)12-4-6-13(16)7-5-12/h4-7,11,14,18H,3,8-10H2,1-2H3,(H,17,19). The topological polar surface area (TPSA) is 49.3 Å². The molecule has 0 radical (unpaired) electrons. The van der Waals surface area contributed by atoms with E-state index < -0.39 is 0 Å². The first-order valence-corrected chi connectivity index (χ1v) is 7.52. The Morgan fingerprint density at radius 1 is 1.37 bits per heavy atom. The van der Waals surface area contributed by atoms with E-state index in [1.165, 1.54) is 0 Å². The van der Waals surface area contributed by atoms with Crippen molar-refractivity contribution in [3.8, 4) is 0 Å². The largest absolute Gasteiger partial charge is 0.393 e. The molecule has 19 heavy (non-hydrogen) atoms. The average molecular weight is 328 g/mol. The zero-order valence-corrected chi connectivity index (χ0v) is 13.1. The van der Waals surface area contributed by atoms with Crippen LogP contribution < -0.4 is 5.32 Å². The maximum Gasteiger partial charge on any atom is 0.220 e. The molecule has 3 nitrogen and oxygen atoms in total. The first-order valence-electron chi connectivity index (χ1n) is 6.73. The Morgan fingerprint density at radius 3 is 2.58 bits per heavy atom. The van der Waals surface area contributed by atoms with Gasteiger partial charge in [0.2, 0.25) is 5.91 Å². The van der Waals surface area contributed by atoms with E-state index in [1.54, 1.807) is 0 Å². The van der Waals surface area contributed by atoms with E-state index in [0.717, 1.165) is 16.5 Å². The number of hydrogen-bond acceptors (Lipinski definition) is 2. The highest BCUT2D eigenvalue weighted by atomic mass is 79.9. The summed E-state index contributed by atoms with van der Waals surface area (Å²) in [5, 5.41) is 12.3. The van der Waals surface area contributed by atoms with Crippen molar-refractivity contribution in [1.82, 2.24) is 5.32 Å². The third kappa shape index (κ3) is 6.21. The van der Waals surface area contributed by atoms with Gasteiger partial charge >= 0.3 is 0 Å². The van der Waals surface area contributed by atoms with E-state index in [4.69, 9.17) is 0 Å². The minimum Gasteiger partial charge on any atom is -0.393 e. The van der Waals surface area contributed by atoms with E-state index in [0.29, 0.717) is 19.4 Å². The van der Waals surface area contributed by atoms with Crippen molar-refractivity contribution < 1.29 is 9.90 Å². The second-order valence-electron chi connectivity index (χ2n) is 4.86. The van der Waals surface area contributed by atoms with Gasteiger partial charge in [0, 0.05) is 17.4 Å². The SMILES string of the molecule is CCC(O)CCNC(=O)CC(C)c1ccc(Br)cc1. The Balaban J connectivity index is 2.33. The van der Waals surface area contributed by atoms with Crippen LogP contribution in [0.4, 0.5) is 0 Å². The lowest BCUT2D eigenvalue weighted by molar-refractivity contribution is -0.121. The molecule has 0 aliphatic carbocycles. The van der Waals surface area contributed by atoms with Crippen LogP contribution in [0.5, 0.6) is 0 Å². The fourth-order valence-corrected chi connectivity index (χ4v) is 2.11. The molecule has 0 spiro atoms. The van der Waals surface area contributed by atoms with Gasteiger partial charge in [0.25, 0.3) is 0 Å². The predicted molar refractivity (Wildman–Crippen MR) is 81.1 cm³/mol. The van der Waals surface area contributed by atoms with E-state index in [2.05, 4.69) is 21.2 Å². The molecule has 0 bridgehead atoms. The molecule has 1 aromatic carbocycles. The van der Waals surface area contributed by atoms with Crippen LogP contribution in [0.25, 0.3) is 0 Å². The van der Waals surface area contributed by atoms with Crippen molar-refractivity contribution in [3.05, 3.63) is 34.3 Å². The van der Waals surface area contributed by atoms with Gasteiger partial charge in [0.15, 0.2) is 0 Å². The molecule has 0 saturated heterocycles. The van der Waals surface area contributed by atoms with Crippen LogP contribution >= 0.6 is 15.9 Å². The van der Waals surface area contributed by atoms with Crippen molar-refractivity contribution in [3.63, 3.8) is 0 Å². The van der Waals surface area contributed by atoms with Crippen LogP contribution in [0, 0.1) is 0 Å². The van der Waals surface area contributed by atoms with Gasteiger partial charge in [0.1, 0.15) is 0 Å². The number of aliphatic hydroxyl groups is 1. The molecule has 1 amide bonds. The number of amides is 1. The molecule has 0 aliphatic heterocycles. The summed E-state index contributed by atoms with van der Waals surface area (Å²) < 4.78 is 1.04. The van der Waals surface area contributed by atoms with Gasteiger partial charge in [-0.25, -0.2) is 0 Å². The van der Waals surface area contributed by atoms with Gasteiger partial charge in [-0.1, -0.05) is 41.9 Å². The first-order chi connectivity index (χ1) is 9.02. The van der Waals surface area contributed by atoms with Crippen molar-refractivity contribution in [1.29, 1.82) is 0 Å². The lowest BCUT2D eigenvalue weighted by Gasteiger charge is -2.13. The monoisotopic (exact) mass is 327 g/mol. The summed E-state index contributed by atoms with van der Waals surface area (Å²) in [6, 6.07) is 8.04. The molecule has 1 rings (SSSR count). The number of nitrogens with one attached hydrogen (secondary N) is 1. The average Bonchev–Trinajstić information content (AvgIpc) is 2.39. The highest BCUT2D eigenvalue weighted by molar-refractivity contribution is 9.10. The van der Waals surface area contributed by atoms with Crippen LogP contribution in [0.15, 0.2) is 28.7 Å². The zero-order valence-electron chi connectivity index (χ0n) is 11.5. The fraction of sp³-hybridized carbons (Fsp3) is 0.533. The normalized spacial score (nSPS) is 13.9. The van der Waals surface area contributed by atoms with Gasteiger partial charge in [-0.05, 0) is 36.5 Å². The minimum atomic E-state index is -0.316. The molecular formula is C15H22BrNO2. The van der Waals surface area contributed by atoms with E-state index in [1.807, 2.05) is 38.1 Å². The van der Waals surface area contributed by atoms with Crippen LogP contribution in [0.3, 0.4) is 0 Å². The molecule has 106 valence electrons. The number of halogens is 1. The summed E-state index contributed by atoms with van der Waals surface area (Å²) in [5.74, 6) is 0.239. The van der Waals surface area contributed by atoms with E-state index in [9.17, 15) is 9.90 Å². The second kappa shape index (κ2) is 8.33. The first kappa shape index (κ1) is 16.2. The fourth-order valence-electron chi connectivity index (χ4n) is 1.84. The number of rotatable bonds is 7. The smallest absolute Gasteiger partial charge is 0.220 e. The van der Waals surface area contributed by atoms with Crippen molar-refractivity contribution in [2.75, 3.05) is 6.54 Å². The molecule has 1 aromatic rings. The molecule has 0 fully saturated rings. The highest BCUT2D eigenvalue weighted by Crippen LogP contribution is 2.21. The maximum absolute atomic E-state index is 11.8. The van der Waals surface area contributed by atoms with Crippen LogP contribution in [-0.2, 0) is 4.79 Å². The molecule has 2 N–H and O–H groups in total. The van der Waals surface area contributed by atoms with E-state index >= 15 is 0 Å². The van der Waals surface area contributed by atoms with Gasteiger partial charge < -0.3 is 10.4 Å². The quantitative estimate of drug-likeness (QED) is 0.807. The molecule has 0 aliphatic rings. The Hall–Kier alpha value is -0.870.